The molecule has 0 saturated carbocycles. The van der Waals surface area contributed by atoms with Crippen molar-refractivity contribution in [3.63, 3.8) is 0 Å². The molecule has 80 valence electrons. The Hall–Kier alpha value is -1.28. The Kier molecular flexibility index (Phi) is 3.07. The van der Waals surface area contributed by atoms with Crippen LogP contribution >= 0.6 is 0 Å². The summed E-state index contributed by atoms with van der Waals surface area (Å²) in [6.07, 6.45) is 5.26. The highest BCUT2D eigenvalue weighted by Crippen LogP contribution is 2.27. The molecule has 1 heterocycles. The fourth-order valence-corrected chi connectivity index (χ4v) is 1.82. The van der Waals surface area contributed by atoms with E-state index >= 15 is 0 Å². The molecule has 0 amide bonds. The summed E-state index contributed by atoms with van der Waals surface area (Å²) in [7, 11) is 1.99. The first-order valence-corrected chi connectivity index (χ1v) is 5.39. The van der Waals surface area contributed by atoms with Gasteiger partial charge in [-0.25, -0.2) is 0 Å². The van der Waals surface area contributed by atoms with Gasteiger partial charge in [-0.05, 0) is 38.1 Å². The number of rotatable bonds is 3. The summed E-state index contributed by atoms with van der Waals surface area (Å²) in [5.41, 5.74) is 2.59. The van der Waals surface area contributed by atoms with Gasteiger partial charge in [-0.15, -0.1) is 0 Å². The molecule has 0 unspecified atom stereocenters. The van der Waals surface area contributed by atoms with Crippen molar-refractivity contribution >= 4 is 6.08 Å². The van der Waals surface area contributed by atoms with Gasteiger partial charge in [0.2, 0.25) is 0 Å². The van der Waals surface area contributed by atoms with Gasteiger partial charge >= 0.3 is 0 Å². The summed E-state index contributed by atoms with van der Waals surface area (Å²) in [6.45, 7) is 2.88. The van der Waals surface area contributed by atoms with Gasteiger partial charge in [-0.1, -0.05) is 18.2 Å². The van der Waals surface area contributed by atoms with Crippen molar-refractivity contribution in [1.82, 2.24) is 5.32 Å². The lowest BCUT2D eigenvalue weighted by atomic mass is 9.99. The molecule has 1 aromatic carbocycles. The topological polar surface area (TPSA) is 21.3 Å². The van der Waals surface area contributed by atoms with Crippen LogP contribution < -0.4 is 10.1 Å². The maximum atomic E-state index is 5.57. The number of nitrogens with one attached hydrogen (secondary N) is 1. The highest BCUT2D eigenvalue weighted by atomic mass is 16.5. The molecule has 0 aromatic heterocycles. The van der Waals surface area contributed by atoms with Crippen molar-refractivity contribution in [3.8, 4) is 5.75 Å². The molecule has 0 spiro atoms. The molecular formula is C13H17NO. The van der Waals surface area contributed by atoms with Gasteiger partial charge < -0.3 is 10.1 Å². The first-order valence-electron chi connectivity index (χ1n) is 5.39. The van der Waals surface area contributed by atoms with Crippen molar-refractivity contribution in [2.45, 2.75) is 19.4 Å². The van der Waals surface area contributed by atoms with E-state index in [1.54, 1.807) is 0 Å². The quantitative estimate of drug-likeness (QED) is 0.813. The lowest BCUT2D eigenvalue weighted by molar-refractivity contribution is 0.358. The minimum absolute atomic E-state index is 0.492. The Morgan fingerprint density at radius 3 is 3.13 bits per heavy atom. The zero-order chi connectivity index (χ0) is 10.7. The van der Waals surface area contributed by atoms with Gasteiger partial charge in [-0.2, -0.15) is 0 Å². The Bertz CT molecular complexity index is 371. The van der Waals surface area contributed by atoms with Gasteiger partial charge in [0.25, 0.3) is 0 Å². The van der Waals surface area contributed by atoms with Crippen LogP contribution in [-0.2, 0) is 6.42 Å². The maximum absolute atomic E-state index is 5.57. The summed E-state index contributed by atoms with van der Waals surface area (Å²) < 4.78 is 5.57. The zero-order valence-electron chi connectivity index (χ0n) is 9.29. The van der Waals surface area contributed by atoms with Crippen LogP contribution in [0.2, 0.25) is 0 Å². The lowest BCUT2D eigenvalue weighted by Crippen LogP contribution is -2.24. The maximum Gasteiger partial charge on any atom is 0.127 e. The summed E-state index contributed by atoms with van der Waals surface area (Å²) >= 11 is 0. The van der Waals surface area contributed by atoms with Crippen LogP contribution in [0.1, 0.15) is 18.1 Å². The van der Waals surface area contributed by atoms with Gasteiger partial charge in [0.15, 0.2) is 0 Å². The second-order valence-electron chi connectivity index (χ2n) is 3.94. The highest BCUT2D eigenvalue weighted by Gasteiger charge is 2.11. The van der Waals surface area contributed by atoms with Gasteiger partial charge in [0.05, 0.1) is 0 Å². The van der Waals surface area contributed by atoms with Crippen molar-refractivity contribution in [2.75, 3.05) is 13.7 Å². The minimum atomic E-state index is 0.492. The summed E-state index contributed by atoms with van der Waals surface area (Å²) in [5, 5.41) is 3.26. The van der Waals surface area contributed by atoms with E-state index in [4.69, 9.17) is 4.74 Å². The largest absolute Gasteiger partial charge is 0.489 e. The predicted molar refractivity (Wildman–Crippen MR) is 63.2 cm³/mol. The lowest BCUT2D eigenvalue weighted by Gasteiger charge is -2.18. The van der Waals surface area contributed by atoms with E-state index < -0.39 is 0 Å². The molecular weight excluding hydrogens is 186 g/mol. The molecule has 0 radical (unpaired) electrons. The minimum Gasteiger partial charge on any atom is -0.489 e. The van der Waals surface area contributed by atoms with Gasteiger partial charge in [0.1, 0.15) is 12.4 Å². The molecule has 0 aliphatic carbocycles. The van der Waals surface area contributed by atoms with Crippen molar-refractivity contribution in [1.29, 1.82) is 0 Å². The first kappa shape index (κ1) is 10.2. The molecule has 0 bridgehead atoms. The summed E-state index contributed by atoms with van der Waals surface area (Å²) in [5.74, 6) is 1.01. The Labute approximate surface area is 91.0 Å². The van der Waals surface area contributed by atoms with E-state index in [0.29, 0.717) is 12.6 Å². The van der Waals surface area contributed by atoms with Crippen LogP contribution in [0.5, 0.6) is 5.75 Å². The average Bonchev–Trinajstić information content (AvgIpc) is 2.29. The average molecular weight is 203 g/mol. The highest BCUT2D eigenvalue weighted by molar-refractivity contribution is 5.63. The van der Waals surface area contributed by atoms with Crippen LogP contribution in [0.25, 0.3) is 6.08 Å². The third-order valence-electron chi connectivity index (χ3n) is 2.79. The zero-order valence-corrected chi connectivity index (χ0v) is 9.29. The number of benzene rings is 1. The van der Waals surface area contributed by atoms with Crippen LogP contribution in [0.4, 0.5) is 0 Å². The first-order chi connectivity index (χ1) is 7.31. The van der Waals surface area contributed by atoms with Crippen molar-refractivity contribution < 1.29 is 4.74 Å². The number of likely N-dealkylation sites (N-methyl/N-ethyl adjacent to an activating group) is 1. The number of ether oxygens (including phenoxy) is 1. The molecule has 15 heavy (non-hydrogen) atoms. The second-order valence-corrected chi connectivity index (χ2v) is 3.94. The van der Waals surface area contributed by atoms with E-state index in [9.17, 15) is 0 Å². The van der Waals surface area contributed by atoms with Crippen LogP contribution in [0.3, 0.4) is 0 Å². The second kappa shape index (κ2) is 4.49. The SMILES string of the molecule is CN[C@@H](C)Cc1cccc2c1C=CCO2. The number of hydrogen-bond donors (Lipinski definition) is 1. The summed E-state index contributed by atoms with van der Waals surface area (Å²) in [4.78, 5) is 0. The molecule has 1 aliphatic rings. The molecule has 0 saturated heterocycles. The van der Waals surface area contributed by atoms with E-state index in [2.05, 4.69) is 36.5 Å². The van der Waals surface area contributed by atoms with E-state index in [1.165, 1.54) is 11.1 Å². The van der Waals surface area contributed by atoms with Crippen LogP contribution in [0.15, 0.2) is 24.3 Å². The molecule has 0 fully saturated rings. The fraction of sp³-hybridized carbons (Fsp3) is 0.385. The molecule has 2 rings (SSSR count). The molecule has 1 aliphatic heterocycles. The van der Waals surface area contributed by atoms with E-state index in [0.717, 1.165) is 12.2 Å². The Morgan fingerprint density at radius 2 is 2.33 bits per heavy atom. The molecule has 1 aromatic rings. The number of fused-ring (bicyclic) bond motifs is 1. The van der Waals surface area contributed by atoms with Crippen LogP contribution in [-0.4, -0.2) is 19.7 Å². The standard InChI is InChI=1S/C13H17NO/c1-10(14-2)9-11-5-3-7-13-12(11)6-4-8-15-13/h3-7,10,14H,8-9H2,1-2H3/t10-/m0/s1. The smallest absolute Gasteiger partial charge is 0.127 e. The fourth-order valence-electron chi connectivity index (χ4n) is 1.82. The normalized spacial score (nSPS) is 15.6. The molecule has 1 N–H and O–H groups in total. The van der Waals surface area contributed by atoms with Crippen LogP contribution in [0, 0.1) is 0 Å². The Morgan fingerprint density at radius 1 is 1.47 bits per heavy atom. The Balaban J connectivity index is 2.28. The van der Waals surface area contributed by atoms with E-state index in [1.807, 2.05) is 13.1 Å². The van der Waals surface area contributed by atoms with Gasteiger partial charge in [0, 0.05) is 11.6 Å². The summed E-state index contributed by atoms with van der Waals surface area (Å²) in [6, 6.07) is 6.76. The third kappa shape index (κ3) is 2.21. The van der Waals surface area contributed by atoms with Crippen molar-refractivity contribution in [3.05, 3.63) is 35.4 Å². The monoisotopic (exact) mass is 203 g/mol. The van der Waals surface area contributed by atoms with E-state index in [-0.39, 0.29) is 0 Å². The number of hydrogen-bond acceptors (Lipinski definition) is 2. The third-order valence-corrected chi connectivity index (χ3v) is 2.79. The van der Waals surface area contributed by atoms with Crippen molar-refractivity contribution in [2.24, 2.45) is 0 Å². The van der Waals surface area contributed by atoms with Gasteiger partial charge in [-0.3, -0.25) is 0 Å². The molecule has 1 atom stereocenters. The predicted octanol–water partition coefficient (Wildman–Crippen LogP) is 2.24. The molecule has 2 nitrogen and oxygen atoms in total. The molecule has 2 heteroatoms.